The molecular weight excluding hydrogens is 258 g/mol. The molecule has 2 N–H and O–H groups in total. The minimum absolute atomic E-state index is 0.146. The van der Waals surface area contributed by atoms with E-state index in [0.717, 1.165) is 10.0 Å². The van der Waals surface area contributed by atoms with Crippen LogP contribution in [0.1, 0.15) is 19.4 Å². The van der Waals surface area contributed by atoms with Gasteiger partial charge in [-0.1, -0.05) is 28.1 Å². The summed E-state index contributed by atoms with van der Waals surface area (Å²) < 4.78 is 0.960. The van der Waals surface area contributed by atoms with Gasteiger partial charge in [-0.2, -0.15) is 0 Å². The van der Waals surface area contributed by atoms with Crippen molar-refractivity contribution in [3.05, 3.63) is 34.3 Å². The quantitative estimate of drug-likeness (QED) is 0.881. The van der Waals surface area contributed by atoms with E-state index < -0.39 is 5.60 Å². The van der Waals surface area contributed by atoms with E-state index in [1.807, 2.05) is 24.3 Å². The molecule has 0 radical (unpaired) electrons. The van der Waals surface area contributed by atoms with Crippen LogP contribution in [0.4, 0.5) is 0 Å². The van der Waals surface area contributed by atoms with Crippen molar-refractivity contribution in [2.45, 2.75) is 19.4 Å². The van der Waals surface area contributed by atoms with E-state index in [2.05, 4.69) is 21.2 Å². The van der Waals surface area contributed by atoms with E-state index in [1.165, 1.54) is 6.92 Å². The number of rotatable bonds is 3. The van der Waals surface area contributed by atoms with E-state index >= 15 is 0 Å². The zero-order chi connectivity index (χ0) is 11.5. The Morgan fingerprint density at radius 1 is 1.47 bits per heavy atom. The van der Waals surface area contributed by atoms with Gasteiger partial charge in [0.1, 0.15) is 5.60 Å². The number of nitrogens with one attached hydrogen (secondary N) is 1. The zero-order valence-electron chi connectivity index (χ0n) is 8.75. The van der Waals surface area contributed by atoms with Crippen molar-refractivity contribution in [3.8, 4) is 0 Å². The van der Waals surface area contributed by atoms with Crippen LogP contribution in [0.3, 0.4) is 0 Å². The Bertz CT molecular complexity index is 346. The minimum Gasteiger partial charge on any atom is -0.384 e. The van der Waals surface area contributed by atoms with Gasteiger partial charge in [-0.25, -0.2) is 0 Å². The molecule has 3 nitrogen and oxygen atoms in total. The molecule has 0 aromatic heterocycles. The lowest BCUT2D eigenvalue weighted by Crippen LogP contribution is -2.37. The Labute approximate surface area is 97.6 Å². The first-order valence-corrected chi connectivity index (χ1v) is 5.44. The standard InChI is InChI=1S/C11H14BrNO2/c1-8(14)13-7-11(2,15)9-3-5-10(12)6-4-9/h3-6,15H,7H2,1-2H3,(H,13,14). The highest BCUT2D eigenvalue weighted by molar-refractivity contribution is 9.10. The number of hydrogen-bond acceptors (Lipinski definition) is 2. The molecule has 82 valence electrons. The first-order chi connectivity index (χ1) is 6.92. The third kappa shape index (κ3) is 3.64. The van der Waals surface area contributed by atoms with Crippen molar-refractivity contribution >= 4 is 21.8 Å². The first kappa shape index (κ1) is 12.2. The van der Waals surface area contributed by atoms with Gasteiger partial charge in [-0.05, 0) is 24.6 Å². The lowest BCUT2D eigenvalue weighted by molar-refractivity contribution is -0.120. The number of halogens is 1. The Kier molecular flexibility index (Phi) is 3.88. The smallest absolute Gasteiger partial charge is 0.216 e. The first-order valence-electron chi connectivity index (χ1n) is 4.65. The molecule has 1 aromatic carbocycles. The zero-order valence-corrected chi connectivity index (χ0v) is 10.3. The van der Waals surface area contributed by atoms with Gasteiger partial charge in [0.15, 0.2) is 0 Å². The second kappa shape index (κ2) is 4.77. The summed E-state index contributed by atoms with van der Waals surface area (Å²) >= 11 is 3.32. The number of carbonyl (C=O) groups excluding carboxylic acids is 1. The molecule has 0 aliphatic rings. The predicted octanol–water partition coefficient (Wildman–Crippen LogP) is 1.79. The molecule has 0 saturated heterocycles. The highest BCUT2D eigenvalue weighted by Gasteiger charge is 2.22. The second-order valence-electron chi connectivity index (χ2n) is 3.69. The Morgan fingerprint density at radius 3 is 2.47 bits per heavy atom. The Balaban J connectivity index is 2.76. The molecule has 0 spiro atoms. The summed E-state index contributed by atoms with van der Waals surface area (Å²) in [6.45, 7) is 3.31. The molecule has 1 atom stereocenters. The van der Waals surface area contributed by atoms with Crippen LogP contribution in [0.15, 0.2) is 28.7 Å². The molecule has 1 unspecified atom stereocenters. The van der Waals surface area contributed by atoms with Gasteiger partial charge in [-0.15, -0.1) is 0 Å². The lowest BCUT2D eigenvalue weighted by Gasteiger charge is -2.23. The number of benzene rings is 1. The van der Waals surface area contributed by atoms with Gasteiger partial charge in [0.2, 0.25) is 5.91 Å². The normalized spacial score (nSPS) is 14.4. The number of aliphatic hydroxyl groups is 1. The van der Waals surface area contributed by atoms with Gasteiger partial charge in [-0.3, -0.25) is 4.79 Å². The molecule has 1 rings (SSSR count). The van der Waals surface area contributed by atoms with Crippen LogP contribution in [-0.4, -0.2) is 17.6 Å². The largest absolute Gasteiger partial charge is 0.384 e. The number of carbonyl (C=O) groups is 1. The summed E-state index contributed by atoms with van der Waals surface area (Å²) in [5.41, 5.74) is -0.258. The molecule has 0 fully saturated rings. The SMILES string of the molecule is CC(=O)NCC(C)(O)c1ccc(Br)cc1. The van der Waals surface area contributed by atoms with E-state index in [0.29, 0.717) is 0 Å². The van der Waals surface area contributed by atoms with Crippen LogP contribution in [0.2, 0.25) is 0 Å². The van der Waals surface area contributed by atoms with Crippen molar-refractivity contribution < 1.29 is 9.90 Å². The van der Waals surface area contributed by atoms with Crippen molar-refractivity contribution in [2.24, 2.45) is 0 Å². The van der Waals surface area contributed by atoms with Crippen LogP contribution in [0, 0.1) is 0 Å². The van der Waals surface area contributed by atoms with Crippen molar-refractivity contribution in [3.63, 3.8) is 0 Å². The van der Waals surface area contributed by atoms with Crippen molar-refractivity contribution in [1.82, 2.24) is 5.32 Å². The maximum atomic E-state index is 10.7. The van der Waals surface area contributed by atoms with E-state index in [4.69, 9.17) is 0 Å². The van der Waals surface area contributed by atoms with Crippen LogP contribution in [0.5, 0.6) is 0 Å². The summed E-state index contributed by atoms with van der Waals surface area (Å²) in [7, 11) is 0. The third-order valence-electron chi connectivity index (χ3n) is 2.15. The lowest BCUT2D eigenvalue weighted by atomic mass is 9.96. The molecule has 0 aliphatic carbocycles. The summed E-state index contributed by atoms with van der Waals surface area (Å²) in [4.78, 5) is 10.7. The van der Waals surface area contributed by atoms with Crippen LogP contribution in [0.25, 0.3) is 0 Å². The van der Waals surface area contributed by atoms with E-state index in [-0.39, 0.29) is 12.5 Å². The Hall–Kier alpha value is -0.870. The van der Waals surface area contributed by atoms with E-state index in [9.17, 15) is 9.90 Å². The fraction of sp³-hybridized carbons (Fsp3) is 0.364. The van der Waals surface area contributed by atoms with Crippen molar-refractivity contribution in [2.75, 3.05) is 6.54 Å². The van der Waals surface area contributed by atoms with Gasteiger partial charge >= 0.3 is 0 Å². The Morgan fingerprint density at radius 2 is 2.00 bits per heavy atom. The molecular formula is C11H14BrNO2. The summed E-state index contributed by atoms with van der Waals surface area (Å²) in [6.07, 6.45) is 0. The average molecular weight is 272 g/mol. The molecule has 4 heteroatoms. The average Bonchev–Trinajstić information content (AvgIpc) is 2.16. The number of hydrogen-bond donors (Lipinski definition) is 2. The highest BCUT2D eigenvalue weighted by atomic mass is 79.9. The van der Waals surface area contributed by atoms with Gasteiger partial charge < -0.3 is 10.4 Å². The molecule has 1 aromatic rings. The van der Waals surface area contributed by atoms with Gasteiger partial charge in [0.25, 0.3) is 0 Å². The monoisotopic (exact) mass is 271 g/mol. The molecule has 0 heterocycles. The van der Waals surface area contributed by atoms with Crippen molar-refractivity contribution in [1.29, 1.82) is 0 Å². The maximum absolute atomic E-state index is 10.7. The fourth-order valence-electron chi connectivity index (χ4n) is 1.21. The highest BCUT2D eigenvalue weighted by Crippen LogP contribution is 2.21. The summed E-state index contributed by atoms with van der Waals surface area (Å²) in [5, 5.41) is 12.7. The summed E-state index contributed by atoms with van der Waals surface area (Å²) in [6, 6.07) is 7.37. The molecule has 1 amide bonds. The van der Waals surface area contributed by atoms with Gasteiger partial charge in [0, 0.05) is 11.4 Å². The number of amides is 1. The minimum atomic E-state index is -1.04. The van der Waals surface area contributed by atoms with Crippen LogP contribution < -0.4 is 5.32 Å². The second-order valence-corrected chi connectivity index (χ2v) is 4.61. The molecule has 0 aliphatic heterocycles. The topological polar surface area (TPSA) is 49.3 Å². The van der Waals surface area contributed by atoms with E-state index in [1.54, 1.807) is 6.92 Å². The van der Waals surface area contributed by atoms with Crippen LogP contribution in [-0.2, 0) is 10.4 Å². The molecule has 0 saturated carbocycles. The maximum Gasteiger partial charge on any atom is 0.216 e. The molecule has 0 bridgehead atoms. The van der Waals surface area contributed by atoms with Crippen LogP contribution >= 0.6 is 15.9 Å². The third-order valence-corrected chi connectivity index (χ3v) is 2.68. The fourth-order valence-corrected chi connectivity index (χ4v) is 1.47. The molecule has 15 heavy (non-hydrogen) atoms. The summed E-state index contributed by atoms with van der Waals surface area (Å²) in [5.74, 6) is -0.146. The predicted molar refractivity (Wildman–Crippen MR) is 62.4 cm³/mol. The van der Waals surface area contributed by atoms with Gasteiger partial charge in [0.05, 0.1) is 6.54 Å².